The second-order valence-corrected chi connectivity index (χ2v) is 7.29. The Morgan fingerprint density at radius 2 is 2.38 bits per heavy atom. The first-order valence-corrected chi connectivity index (χ1v) is 9.16. The van der Waals surface area contributed by atoms with Crippen molar-refractivity contribution >= 4 is 17.2 Å². The molecule has 2 aromatic heterocycles. The van der Waals surface area contributed by atoms with Crippen molar-refractivity contribution in [3.8, 4) is 5.75 Å². The molecule has 2 aliphatic heterocycles. The predicted molar refractivity (Wildman–Crippen MR) is 91.2 cm³/mol. The Labute approximate surface area is 145 Å². The summed E-state index contributed by atoms with van der Waals surface area (Å²) in [5, 5.41) is 4.03. The molecule has 2 aliphatic rings. The van der Waals surface area contributed by atoms with Gasteiger partial charge in [0, 0.05) is 19.0 Å². The average Bonchev–Trinajstić information content (AvgIpc) is 3.06. The number of hydrogen-bond acceptors (Lipinski definition) is 5. The van der Waals surface area contributed by atoms with Crippen molar-refractivity contribution < 1.29 is 14.3 Å². The lowest BCUT2D eigenvalue weighted by molar-refractivity contribution is -0.192. The summed E-state index contributed by atoms with van der Waals surface area (Å²) in [7, 11) is 0. The molecule has 0 N–H and O–H groups in total. The quantitative estimate of drug-likeness (QED) is 0.855. The van der Waals surface area contributed by atoms with Crippen LogP contribution in [0.15, 0.2) is 41.4 Å². The Morgan fingerprint density at radius 1 is 1.46 bits per heavy atom. The van der Waals surface area contributed by atoms with Gasteiger partial charge in [0.2, 0.25) is 5.91 Å². The molecule has 126 valence electrons. The van der Waals surface area contributed by atoms with E-state index in [4.69, 9.17) is 9.47 Å². The molecule has 0 radical (unpaired) electrons. The molecular weight excluding hydrogens is 324 g/mol. The number of hydrogen-bond donors (Lipinski definition) is 0. The van der Waals surface area contributed by atoms with Crippen molar-refractivity contribution in [2.75, 3.05) is 19.7 Å². The summed E-state index contributed by atoms with van der Waals surface area (Å²) < 4.78 is 12.0. The van der Waals surface area contributed by atoms with E-state index in [9.17, 15) is 4.79 Å². The molecule has 0 aromatic carbocycles. The van der Waals surface area contributed by atoms with Crippen LogP contribution < -0.4 is 4.74 Å². The van der Waals surface area contributed by atoms with Gasteiger partial charge in [0.1, 0.15) is 17.5 Å². The molecule has 5 nitrogen and oxygen atoms in total. The van der Waals surface area contributed by atoms with Gasteiger partial charge >= 0.3 is 0 Å². The first-order valence-electron chi connectivity index (χ1n) is 8.22. The molecule has 0 bridgehead atoms. The maximum absolute atomic E-state index is 12.3. The molecular formula is C18H20N2O3S. The maximum atomic E-state index is 12.3. The Bertz CT molecular complexity index is 684. The molecule has 1 amide bonds. The van der Waals surface area contributed by atoms with Gasteiger partial charge in [-0.25, -0.2) is 0 Å². The summed E-state index contributed by atoms with van der Waals surface area (Å²) in [5.74, 6) is 0.974. The molecule has 2 fully saturated rings. The first kappa shape index (κ1) is 15.6. The minimum atomic E-state index is -0.227. The van der Waals surface area contributed by atoms with Gasteiger partial charge in [0.05, 0.1) is 32.3 Å². The molecule has 1 unspecified atom stereocenters. The number of amides is 1. The second-order valence-electron chi connectivity index (χ2n) is 6.51. The Morgan fingerprint density at radius 3 is 3.12 bits per heavy atom. The Kier molecular flexibility index (Phi) is 4.24. The lowest BCUT2D eigenvalue weighted by Gasteiger charge is -2.53. The predicted octanol–water partition coefficient (Wildman–Crippen LogP) is 2.52. The van der Waals surface area contributed by atoms with Crippen molar-refractivity contribution in [3.63, 3.8) is 0 Å². The van der Waals surface area contributed by atoms with Crippen LogP contribution in [0.5, 0.6) is 5.75 Å². The normalized spacial score (nSPS) is 22.2. The molecule has 4 heterocycles. The van der Waals surface area contributed by atoms with E-state index in [0.29, 0.717) is 26.1 Å². The van der Waals surface area contributed by atoms with Crippen molar-refractivity contribution in [1.29, 1.82) is 0 Å². The van der Waals surface area contributed by atoms with Crippen LogP contribution in [0, 0.1) is 0 Å². The fourth-order valence-electron chi connectivity index (χ4n) is 3.42. The molecule has 2 saturated heterocycles. The number of rotatable bonds is 4. The van der Waals surface area contributed by atoms with E-state index in [2.05, 4.69) is 4.98 Å². The van der Waals surface area contributed by atoms with E-state index < -0.39 is 0 Å². The van der Waals surface area contributed by atoms with Crippen molar-refractivity contribution in [3.05, 3.63) is 46.9 Å². The van der Waals surface area contributed by atoms with E-state index in [-0.39, 0.29) is 17.6 Å². The molecule has 0 saturated carbocycles. The third kappa shape index (κ3) is 3.30. The Balaban J connectivity index is 1.31. The van der Waals surface area contributed by atoms with Crippen LogP contribution in [-0.2, 0) is 16.0 Å². The van der Waals surface area contributed by atoms with Gasteiger partial charge in [-0.15, -0.1) is 0 Å². The standard InChI is InChI=1S/C18H20N2O3S/c21-17(8-14-4-7-24-11-14)20-12-18(13-20)9-15(3-6-22-18)23-16-2-1-5-19-10-16/h1-2,4-5,7,10-11,15H,3,6,8-9,12-13H2. The minimum absolute atomic E-state index is 0.122. The van der Waals surface area contributed by atoms with Gasteiger partial charge in [-0.3, -0.25) is 9.78 Å². The second kappa shape index (κ2) is 6.53. The zero-order valence-electron chi connectivity index (χ0n) is 13.4. The fraction of sp³-hybridized carbons (Fsp3) is 0.444. The maximum Gasteiger partial charge on any atom is 0.227 e. The van der Waals surface area contributed by atoms with Crippen LogP contribution in [0.2, 0.25) is 0 Å². The van der Waals surface area contributed by atoms with Gasteiger partial charge in [-0.1, -0.05) is 0 Å². The van der Waals surface area contributed by atoms with E-state index in [1.807, 2.05) is 33.9 Å². The summed E-state index contributed by atoms with van der Waals surface area (Å²) in [4.78, 5) is 18.3. The number of carbonyl (C=O) groups is 1. The largest absolute Gasteiger partial charge is 0.489 e. The summed E-state index contributed by atoms with van der Waals surface area (Å²) in [6.45, 7) is 2.02. The van der Waals surface area contributed by atoms with E-state index >= 15 is 0 Å². The minimum Gasteiger partial charge on any atom is -0.489 e. The van der Waals surface area contributed by atoms with Crippen LogP contribution in [0.3, 0.4) is 0 Å². The SMILES string of the molecule is O=C(Cc1ccsc1)N1CC2(CC(Oc3cccnc3)CCO2)C1. The summed E-state index contributed by atoms with van der Waals surface area (Å²) in [6.07, 6.45) is 5.77. The smallest absolute Gasteiger partial charge is 0.227 e. The Hall–Kier alpha value is -1.92. The number of nitrogens with zero attached hydrogens (tertiary/aromatic N) is 2. The monoisotopic (exact) mass is 344 g/mol. The number of likely N-dealkylation sites (tertiary alicyclic amines) is 1. The van der Waals surface area contributed by atoms with Gasteiger partial charge in [0.15, 0.2) is 0 Å². The van der Waals surface area contributed by atoms with E-state index in [1.165, 1.54) is 0 Å². The van der Waals surface area contributed by atoms with Crippen LogP contribution >= 0.6 is 11.3 Å². The van der Waals surface area contributed by atoms with Crippen molar-refractivity contribution in [2.24, 2.45) is 0 Å². The molecule has 6 heteroatoms. The lowest BCUT2D eigenvalue weighted by Crippen LogP contribution is -2.67. The third-order valence-electron chi connectivity index (χ3n) is 4.63. The number of aromatic nitrogens is 1. The number of pyridine rings is 1. The van der Waals surface area contributed by atoms with Crippen LogP contribution in [0.1, 0.15) is 18.4 Å². The summed E-state index contributed by atoms with van der Waals surface area (Å²) >= 11 is 1.62. The fourth-order valence-corrected chi connectivity index (χ4v) is 4.09. The molecule has 0 aliphatic carbocycles. The van der Waals surface area contributed by atoms with Crippen molar-refractivity contribution in [2.45, 2.75) is 31.0 Å². The van der Waals surface area contributed by atoms with Gasteiger partial charge < -0.3 is 14.4 Å². The number of thiophene rings is 1. The van der Waals surface area contributed by atoms with E-state index in [1.54, 1.807) is 23.7 Å². The van der Waals surface area contributed by atoms with Crippen LogP contribution in [0.25, 0.3) is 0 Å². The highest BCUT2D eigenvalue weighted by Crippen LogP contribution is 2.36. The summed E-state index contributed by atoms with van der Waals surface area (Å²) in [6, 6.07) is 5.80. The van der Waals surface area contributed by atoms with Crippen molar-refractivity contribution in [1.82, 2.24) is 9.88 Å². The number of ether oxygens (including phenoxy) is 2. The first-order chi connectivity index (χ1) is 11.7. The molecule has 1 spiro atoms. The highest BCUT2D eigenvalue weighted by atomic mass is 32.1. The van der Waals surface area contributed by atoms with Gasteiger partial charge in [-0.05, 0) is 34.5 Å². The highest BCUT2D eigenvalue weighted by Gasteiger charge is 2.49. The molecule has 1 atom stereocenters. The number of carbonyl (C=O) groups excluding carboxylic acids is 1. The van der Waals surface area contributed by atoms with E-state index in [0.717, 1.165) is 24.2 Å². The third-order valence-corrected chi connectivity index (χ3v) is 5.36. The zero-order valence-corrected chi connectivity index (χ0v) is 14.2. The van der Waals surface area contributed by atoms with Gasteiger partial charge in [-0.2, -0.15) is 11.3 Å². The van der Waals surface area contributed by atoms with Crippen LogP contribution in [-0.4, -0.2) is 47.2 Å². The van der Waals surface area contributed by atoms with Crippen LogP contribution in [0.4, 0.5) is 0 Å². The topological polar surface area (TPSA) is 51.7 Å². The molecule has 4 rings (SSSR count). The zero-order chi connectivity index (χ0) is 16.4. The van der Waals surface area contributed by atoms with Gasteiger partial charge in [0.25, 0.3) is 0 Å². The molecule has 2 aromatic rings. The molecule has 24 heavy (non-hydrogen) atoms. The highest BCUT2D eigenvalue weighted by molar-refractivity contribution is 7.08. The summed E-state index contributed by atoms with van der Waals surface area (Å²) in [5.41, 5.74) is 0.864. The average molecular weight is 344 g/mol. The lowest BCUT2D eigenvalue weighted by atomic mass is 9.84.